The summed E-state index contributed by atoms with van der Waals surface area (Å²) in [5.41, 5.74) is 3.36. The van der Waals surface area contributed by atoms with Gasteiger partial charge < -0.3 is 15.1 Å². The molecule has 5 rings (SSSR count). The van der Waals surface area contributed by atoms with Crippen molar-refractivity contribution in [3.8, 4) is 0 Å². The molecule has 0 bridgehead atoms. The van der Waals surface area contributed by atoms with Crippen LogP contribution in [0.15, 0.2) is 42.9 Å². The molecule has 1 aliphatic carbocycles. The van der Waals surface area contributed by atoms with Gasteiger partial charge in [0, 0.05) is 42.0 Å². The summed E-state index contributed by atoms with van der Waals surface area (Å²) >= 11 is 0. The van der Waals surface area contributed by atoms with Crippen molar-refractivity contribution in [2.45, 2.75) is 31.3 Å². The van der Waals surface area contributed by atoms with Gasteiger partial charge in [-0.05, 0) is 63.2 Å². The second-order valence-corrected chi connectivity index (χ2v) is 8.94. The third-order valence-corrected chi connectivity index (χ3v) is 6.67. The monoisotopic (exact) mass is 419 g/mol. The van der Waals surface area contributed by atoms with Crippen molar-refractivity contribution < 1.29 is 9.18 Å². The summed E-state index contributed by atoms with van der Waals surface area (Å²) < 4.78 is 14.2. The van der Waals surface area contributed by atoms with Gasteiger partial charge in [-0.2, -0.15) is 0 Å². The summed E-state index contributed by atoms with van der Waals surface area (Å²) in [6, 6.07) is 9.79. The number of aryl methyl sites for hydroxylation is 1. The van der Waals surface area contributed by atoms with Gasteiger partial charge in [0.05, 0.1) is 5.54 Å². The zero-order chi connectivity index (χ0) is 21.8. The molecule has 2 heterocycles. The van der Waals surface area contributed by atoms with Crippen molar-refractivity contribution in [1.82, 2.24) is 20.2 Å². The molecule has 2 fully saturated rings. The molecule has 31 heavy (non-hydrogen) atoms. The van der Waals surface area contributed by atoms with E-state index in [2.05, 4.69) is 45.2 Å². The van der Waals surface area contributed by atoms with Gasteiger partial charge in [0.15, 0.2) is 0 Å². The average Bonchev–Trinajstić information content (AvgIpc) is 3.48. The van der Waals surface area contributed by atoms with Gasteiger partial charge in [-0.3, -0.25) is 4.79 Å². The molecule has 1 amide bonds. The van der Waals surface area contributed by atoms with E-state index >= 15 is 0 Å². The molecule has 2 aliphatic rings. The fourth-order valence-electron chi connectivity index (χ4n) is 4.37. The van der Waals surface area contributed by atoms with E-state index in [-0.39, 0.29) is 11.7 Å². The van der Waals surface area contributed by atoms with E-state index in [1.54, 1.807) is 12.3 Å². The molecule has 2 aromatic carbocycles. The molecule has 0 spiro atoms. The van der Waals surface area contributed by atoms with Gasteiger partial charge in [-0.15, -0.1) is 0 Å². The Morgan fingerprint density at radius 3 is 2.71 bits per heavy atom. The number of hydrogen-bond donors (Lipinski definition) is 1. The van der Waals surface area contributed by atoms with E-state index in [1.807, 2.05) is 19.1 Å². The third kappa shape index (κ3) is 3.43. The number of halogens is 1. The maximum Gasteiger partial charge on any atom is 0.252 e. The molecule has 1 N–H and O–H groups in total. The number of nitrogens with zero attached hydrogens (tertiary/aromatic N) is 4. The zero-order valence-corrected chi connectivity index (χ0v) is 18.0. The van der Waals surface area contributed by atoms with E-state index in [0.29, 0.717) is 22.5 Å². The molecule has 1 saturated carbocycles. The Balaban J connectivity index is 1.41. The van der Waals surface area contributed by atoms with Gasteiger partial charge >= 0.3 is 0 Å². The minimum atomic E-state index is -0.497. The van der Waals surface area contributed by atoms with Gasteiger partial charge in [0.2, 0.25) is 0 Å². The van der Waals surface area contributed by atoms with E-state index in [1.165, 1.54) is 12.4 Å². The summed E-state index contributed by atoms with van der Waals surface area (Å²) in [6.45, 7) is 3.88. The number of hydrogen-bond acceptors (Lipinski definition) is 5. The molecule has 160 valence electrons. The number of rotatable bonds is 5. The lowest BCUT2D eigenvalue weighted by Gasteiger charge is -2.44. The number of carbonyl (C=O) groups excluding carboxylic acids is 1. The fraction of sp³-hybridized carbons (Fsp3) is 0.375. The van der Waals surface area contributed by atoms with Gasteiger partial charge in [-0.25, -0.2) is 14.4 Å². The van der Waals surface area contributed by atoms with Crippen molar-refractivity contribution in [2.24, 2.45) is 0 Å². The van der Waals surface area contributed by atoms with E-state index in [4.69, 9.17) is 0 Å². The van der Waals surface area contributed by atoms with Crippen LogP contribution in [0.25, 0.3) is 10.9 Å². The Morgan fingerprint density at radius 2 is 2.00 bits per heavy atom. The van der Waals surface area contributed by atoms with Gasteiger partial charge in [0.1, 0.15) is 17.7 Å². The molecule has 6 nitrogen and oxygen atoms in total. The predicted molar refractivity (Wildman–Crippen MR) is 119 cm³/mol. The first-order valence-corrected chi connectivity index (χ1v) is 10.6. The molecule has 1 aliphatic heterocycles. The molecule has 0 unspecified atom stereocenters. The lowest BCUT2D eigenvalue weighted by molar-refractivity contribution is 0.0930. The molecule has 3 aromatic rings. The van der Waals surface area contributed by atoms with Crippen molar-refractivity contribution >= 4 is 22.5 Å². The number of likely N-dealkylation sites (N-methyl/N-ethyl adjacent to an activating group) is 1. The Kier molecular flexibility index (Phi) is 4.66. The minimum Gasteiger partial charge on any atom is -0.368 e. The first kappa shape index (κ1) is 19.9. The standard InChI is InChI=1S/C24H26FN5O/c1-15-4-5-16(30-12-17(13-30)29(2)3)10-18(15)23(31)28-24(8-9-24)20-6-7-21(25)22-19(20)11-26-14-27-22/h4-7,10-11,14,17H,8-9,12-13H2,1-3H3,(H,28,31). The first-order chi connectivity index (χ1) is 14.9. The van der Waals surface area contributed by atoms with Crippen molar-refractivity contribution in [2.75, 3.05) is 32.1 Å². The van der Waals surface area contributed by atoms with Crippen LogP contribution in [0.3, 0.4) is 0 Å². The summed E-state index contributed by atoms with van der Waals surface area (Å²) in [4.78, 5) is 26.0. The molecular formula is C24H26FN5O. The zero-order valence-electron chi connectivity index (χ0n) is 18.0. The lowest BCUT2D eigenvalue weighted by Crippen LogP contribution is -2.57. The first-order valence-electron chi connectivity index (χ1n) is 10.6. The van der Waals surface area contributed by atoms with Crippen LogP contribution in [0, 0.1) is 12.7 Å². The third-order valence-electron chi connectivity index (χ3n) is 6.67. The van der Waals surface area contributed by atoms with Crippen LogP contribution in [-0.2, 0) is 5.54 Å². The molecule has 1 saturated heterocycles. The minimum absolute atomic E-state index is 0.101. The molecule has 7 heteroatoms. The van der Waals surface area contributed by atoms with E-state index in [0.717, 1.165) is 42.7 Å². The maximum absolute atomic E-state index is 14.2. The summed E-state index contributed by atoms with van der Waals surface area (Å²) in [5.74, 6) is -0.478. The summed E-state index contributed by atoms with van der Waals surface area (Å²) in [7, 11) is 4.19. The quantitative estimate of drug-likeness (QED) is 0.688. The lowest BCUT2D eigenvalue weighted by atomic mass is 9.98. The van der Waals surface area contributed by atoms with Crippen LogP contribution in [0.1, 0.15) is 34.3 Å². The number of nitrogens with one attached hydrogen (secondary N) is 1. The molecule has 0 atom stereocenters. The Hall–Kier alpha value is -3.06. The van der Waals surface area contributed by atoms with Crippen LogP contribution in [0.2, 0.25) is 0 Å². The van der Waals surface area contributed by atoms with Crippen LogP contribution in [0.4, 0.5) is 10.1 Å². The number of anilines is 1. The maximum atomic E-state index is 14.2. The van der Waals surface area contributed by atoms with E-state index in [9.17, 15) is 9.18 Å². The van der Waals surface area contributed by atoms with Crippen LogP contribution in [0.5, 0.6) is 0 Å². The highest BCUT2D eigenvalue weighted by Gasteiger charge is 2.47. The largest absolute Gasteiger partial charge is 0.368 e. The van der Waals surface area contributed by atoms with Crippen molar-refractivity contribution in [1.29, 1.82) is 0 Å². The predicted octanol–water partition coefficient (Wildman–Crippen LogP) is 3.25. The van der Waals surface area contributed by atoms with Gasteiger partial charge in [0.25, 0.3) is 5.91 Å². The smallest absolute Gasteiger partial charge is 0.252 e. The Bertz CT molecular complexity index is 1170. The summed E-state index contributed by atoms with van der Waals surface area (Å²) in [5, 5.41) is 3.89. The van der Waals surface area contributed by atoms with Crippen LogP contribution in [-0.4, -0.2) is 54.0 Å². The number of amides is 1. The molecular weight excluding hydrogens is 393 g/mol. The van der Waals surface area contributed by atoms with Crippen molar-refractivity contribution in [3.63, 3.8) is 0 Å². The fourth-order valence-corrected chi connectivity index (χ4v) is 4.37. The number of carbonyl (C=O) groups is 1. The Morgan fingerprint density at radius 1 is 1.23 bits per heavy atom. The topological polar surface area (TPSA) is 61.4 Å². The number of fused-ring (bicyclic) bond motifs is 1. The normalized spacial score (nSPS) is 17.6. The van der Waals surface area contributed by atoms with Crippen LogP contribution >= 0.6 is 0 Å². The van der Waals surface area contributed by atoms with Gasteiger partial charge in [-0.1, -0.05) is 12.1 Å². The molecule has 0 radical (unpaired) electrons. The summed E-state index contributed by atoms with van der Waals surface area (Å²) in [6.07, 6.45) is 4.59. The average molecular weight is 420 g/mol. The van der Waals surface area contributed by atoms with Crippen LogP contribution < -0.4 is 10.2 Å². The number of benzene rings is 2. The SMILES string of the molecule is Cc1ccc(N2CC(N(C)C)C2)cc1C(=O)NC1(c2ccc(F)c3ncncc23)CC1. The molecule has 1 aromatic heterocycles. The second-order valence-electron chi connectivity index (χ2n) is 8.94. The highest BCUT2D eigenvalue weighted by Crippen LogP contribution is 2.48. The second kappa shape index (κ2) is 7.27. The van der Waals surface area contributed by atoms with E-state index < -0.39 is 5.54 Å². The van der Waals surface area contributed by atoms with Crippen molar-refractivity contribution in [3.05, 3.63) is 65.4 Å². The Labute approximate surface area is 181 Å². The number of aromatic nitrogens is 2. The highest BCUT2D eigenvalue weighted by molar-refractivity contribution is 5.98. The highest BCUT2D eigenvalue weighted by atomic mass is 19.1.